The first kappa shape index (κ1) is 47.5. The molecule has 67 heavy (non-hydrogen) atoms. The van der Waals surface area contributed by atoms with Gasteiger partial charge in [0.05, 0.1) is 24.5 Å². The summed E-state index contributed by atoms with van der Waals surface area (Å²) in [7, 11) is 0. The zero-order valence-electron chi connectivity index (χ0n) is 38.2. The molecule has 0 saturated carbocycles. The molecular formula is C53H58N6O8. The fourth-order valence-corrected chi connectivity index (χ4v) is 7.24. The van der Waals surface area contributed by atoms with Crippen LogP contribution in [0.2, 0.25) is 0 Å². The number of rotatable bonds is 15. The van der Waals surface area contributed by atoms with E-state index in [0.29, 0.717) is 50.9 Å². The maximum atomic E-state index is 12.5. The summed E-state index contributed by atoms with van der Waals surface area (Å²) in [6.07, 6.45) is 7.59. The number of nitrogens with zero attached hydrogens (tertiary/aromatic N) is 4. The average Bonchev–Trinajstić information content (AvgIpc) is 3.32. The first-order chi connectivity index (χ1) is 32.5. The number of benzene rings is 4. The summed E-state index contributed by atoms with van der Waals surface area (Å²) in [5.74, 6) is 1.30. The summed E-state index contributed by atoms with van der Waals surface area (Å²) in [6, 6.07) is 39.1. The number of likely N-dealkylation sites (tertiary alicyclic amines) is 2. The fourth-order valence-electron chi connectivity index (χ4n) is 7.24. The van der Waals surface area contributed by atoms with Crippen molar-refractivity contribution in [2.24, 2.45) is 5.73 Å². The van der Waals surface area contributed by atoms with Gasteiger partial charge in [-0.15, -0.1) is 0 Å². The Kier molecular flexibility index (Phi) is 16.4. The summed E-state index contributed by atoms with van der Waals surface area (Å²) >= 11 is 0. The number of pyridine rings is 2. The minimum absolute atomic E-state index is 0.0116. The molecule has 4 heterocycles. The molecule has 14 heteroatoms. The van der Waals surface area contributed by atoms with E-state index >= 15 is 0 Å². The molecule has 0 radical (unpaired) electrons. The Balaban J connectivity index is 0.000000203. The van der Waals surface area contributed by atoms with E-state index in [-0.39, 0.29) is 37.5 Å². The van der Waals surface area contributed by atoms with E-state index in [1.165, 1.54) is 0 Å². The van der Waals surface area contributed by atoms with Gasteiger partial charge < -0.3 is 44.5 Å². The second-order valence-corrected chi connectivity index (χ2v) is 17.3. The number of ether oxygens (including phenoxy) is 5. The van der Waals surface area contributed by atoms with Crippen LogP contribution in [-0.2, 0) is 40.5 Å². The van der Waals surface area contributed by atoms with Crippen molar-refractivity contribution in [3.8, 4) is 33.8 Å². The molecule has 2 aromatic heterocycles. The van der Waals surface area contributed by atoms with E-state index in [0.717, 1.165) is 57.3 Å². The predicted octanol–water partition coefficient (Wildman–Crippen LogP) is 9.56. The fraction of sp³-hybridized carbons (Fsp3) is 0.302. The second kappa shape index (κ2) is 23.1. The number of alkyl carbamates (subject to hydrolysis) is 1. The van der Waals surface area contributed by atoms with Crippen molar-refractivity contribution in [3.63, 3.8) is 0 Å². The van der Waals surface area contributed by atoms with Gasteiger partial charge in [-0.2, -0.15) is 0 Å². The Morgan fingerprint density at radius 1 is 0.597 bits per heavy atom. The predicted molar refractivity (Wildman–Crippen MR) is 255 cm³/mol. The van der Waals surface area contributed by atoms with Crippen LogP contribution in [0.15, 0.2) is 146 Å². The average molecular weight is 907 g/mol. The largest absolute Gasteiger partial charge is 0.490 e. The number of aromatic nitrogens is 2. The van der Waals surface area contributed by atoms with Gasteiger partial charge in [0.2, 0.25) is 0 Å². The lowest BCUT2D eigenvalue weighted by atomic mass is 10.0. The van der Waals surface area contributed by atoms with E-state index in [4.69, 9.17) is 29.4 Å². The van der Waals surface area contributed by atoms with Crippen LogP contribution >= 0.6 is 0 Å². The van der Waals surface area contributed by atoms with Gasteiger partial charge in [0.25, 0.3) is 0 Å². The van der Waals surface area contributed by atoms with Gasteiger partial charge in [0.1, 0.15) is 43.5 Å². The lowest BCUT2D eigenvalue weighted by molar-refractivity contribution is 0.0256. The standard InChI is InChI=1S/C29H33N3O5.C24H25N3O3/c1-29(2,3)37-27(33)31-16-22-10-7-11-23(14-22)24-15-26(18-30-17-24)35-20-25-12-13-32(25)28(34)36-19-21-8-5-4-6-9-21;25-13-19-7-4-8-20(11-19)21-12-23(15-26-14-21)29-17-22-9-10-27(22)24(28)30-16-18-5-2-1-3-6-18/h4-11,14-15,17-18,25H,12-13,16,19-20H2,1-3H3,(H,31,33);1-8,11-12,14-15,22H,9-10,13,16-17,25H2/t25-;22-/m00/s1. The number of nitrogens with one attached hydrogen (secondary N) is 1. The molecule has 0 spiro atoms. The van der Waals surface area contributed by atoms with Crippen molar-refractivity contribution in [1.29, 1.82) is 0 Å². The van der Waals surface area contributed by atoms with Crippen LogP contribution in [0, 0.1) is 0 Å². The van der Waals surface area contributed by atoms with Crippen LogP contribution in [0.5, 0.6) is 11.5 Å². The summed E-state index contributed by atoms with van der Waals surface area (Å²) in [5.41, 5.74) is 13.0. The SMILES string of the molecule is CC(C)(C)OC(=O)NCc1cccc(-c2cncc(OC[C@@H]3CCN3C(=O)OCc3ccccc3)c2)c1.NCc1cccc(-c2cncc(OC[C@@H]3CCN3C(=O)OCc3ccccc3)c2)c1. The van der Waals surface area contributed by atoms with E-state index in [1.807, 2.05) is 136 Å². The molecule has 2 saturated heterocycles. The maximum absolute atomic E-state index is 12.5. The topological polar surface area (TPSA) is 168 Å². The molecular weight excluding hydrogens is 849 g/mol. The normalized spacial score (nSPS) is 15.1. The first-order valence-corrected chi connectivity index (χ1v) is 22.5. The Labute approximate surface area is 392 Å². The number of nitrogens with two attached hydrogens (primary N) is 1. The highest BCUT2D eigenvalue weighted by atomic mass is 16.6. The zero-order valence-corrected chi connectivity index (χ0v) is 38.2. The van der Waals surface area contributed by atoms with Crippen molar-refractivity contribution in [2.75, 3.05) is 26.3 Å². The molecule has 8 rings (SSSR count). The van der Waals surface area contributed by atoms with Gasteiger partial charge in [0, 0.05) is 49.7 Å². The number of carbonyl (C=O) groups is 3. The van der Waals surface area contributed by atoms with Crippen LogP contribution in [0.1, 0.15) is 55.9 Å². The van der Waals surface area contributed by atoms with E-state index in [2.05, 4.69) is 21.4 Å². The highest BCUT2D eigenvalue weighted by molar-refractivity contribution is 5.70. The minimum Gasteiger partial charge on any atom is -0.490 e. The third-order valence-corrected chi connectivity index (χ3v) is 11.1. The molecule has 6 aromatic rings. The van der Waals surface area contributed by atoms with Crippen LogP contribution in [0.4, 0.5) is 14.4 Å². The van der Waals surface area contributed by atoms with Crippen LogP contribution in [0.25, 0.3) is 22.3 Å². The van der Waals surface area contributed by atoms with Gasteiger partial charge in [0.15, 0.2) is 0 Å². The van der Waals surface area contributed by atoms with Crippen molar-refractivity contribution >= 4 is 18.3 Å². The third-order valence-electron chi connectivity index (χ3n) is 11.1. The molecule has 2 aliphatic rings. The molecule has 2 atom stereocenters. The maximum Gasteiger partial charge on any atom is 0.410 e. The Bertz CT molecular complexity index is 2550. The molecule has 0 aliphatic carbocycles. The van der Waals surface area contributed by atoms with E-state index in [1.54, 1.807) is 34.6 Å². The van der Waals surface area contributed by atoms with Gasteiger partial charge in [-0.3, -0.25) is 9.97 Å². The third kappa shape index (κ3) is 14.3. The van der Waals surface area contributed by atoms with Crippen molar-refractivity contribution in [2.45, 2.75) is 77.6 Å². The molecule has 14 nitrogen and oxygen atoms in total. The molecule has 4 aromatic carbocycles. The highest BCUT2D eigenvalue weighted by Gasteiger charge is 2.35. The zero-order chi connectivity index (χ0) is 47.0. The lowest BCUT2D eigenvalue weighted by Crippen LogP contribution is -2.54. The highest BCUT2D eigenvalue weighted by Crippen LogP contribution is 2.28. The first-order valence-electron chi connectivity index (χ1n) is 22.5. The Morgan fingerprint density at radius 3 is 1.51 bits per heavy atom. The van der Waals surface area contributed by atoms with Gasteiger partial charge in [-0.25, -0.2) is 14.4 Å². The minimum atomic E-state index is -0.545. The monoisotopic (exact) mass is 906 g/mol. The Morgan fingerprint density at radius 2 is 1.06 bits per heavy atom. The number of hydrogen-bond donors (Lipinski definition) is 2. The molecule has 348 valence electrons. The van der Waals surface area contributed by atoms with Crippen molar-refractivity contribution < 1.29 is 38.1 Å². The van der Waals surface area contributed by atoms with E-state index < -0.39 is 11.7 Å². The molecule has 2 fully saturated rings. The summed E-state index contributed by atoms with van der Waals surface area (Å²) < 4.78 is 28.1. The number of carbonyl (C=O) groups excluding carboxylic acids is 3. The lowest BCUT2D eigenvalue weighted by Gasteiger charge is -2.39. The van der Waals surface area contributed by atoms with Crippen LogP contribution in [0.3, 0.4) is 0 Å². The van der Waals surface area contributed by atoms with Crippen LogP contribution < -0.4 is 20.5 Å². The quantitative estimate of drug-likeness (QED) is 0.0942. The van der Waals surface area contributed by atoms with Crippen molar-refractivity contribution in [3.05, 3.63) is 168 Å². The summed E-state index contributed by atoms with van der Waals surface area (Å²) in [6.45, 7) is 8.98. The summed E-state index contributed by atoms with van der Waals surface area (Å²) in [4.78, 5) is 48.8. The second-order valence-electron chi connectivity index (χ2n) is 17.3. The van der Waals surface area contributed by atoms with Gasteiger partial charge in [-0.05, 0) is 91.3 Å². The van der Waals surface area contributed by atoms with Gasteiger partial charge >= 0.3 is 18.3 Å². The molecule has 3 N–H and O–H groups in total. The van der Waals surface area contributed by atoms with Crippen LogP contribution in [-0.4, -0.2) is 82.0 Å². The number of hydrogen-bond acceptors (Lipinski definition) is 11. The number of amides is 3. The smallest absolute Gasteiger partial charge is 0.410 e. The molecule has 0 unspecified atom stereocenters. The Hall–Kier alpha value is -7.45. The molecule has 0 bridgehead atoms. The molecule has 2 aliphatic heterocycles. The van der Waals surface area contributed by atoms with Gasteiger partial charge in [-0.1, -0.05) is 97.1 Å². The van der Waals surface area contributed by atoms with Crippen molar-refractivity contribution in [1.82, 2.24) is 25.1 Å². The summed E-state index contributed by atoms with van der Waals surface area (Å²) in [5, 5.41) is 2.78. The molecule has 3 amide bonds. The van der Waals surface area contributed by atoms with E-state index in [9.17, 15) is 14.4 Å².